The Hall–Kier alpha value is -2.31. The number of guanidine groups is 1. The lowest BCUT2D eigenvalue weighted by molar-refractivity contribution is -0.123. The number of hydrogen-bond donors (Lipinski definition) is 3. The number of hydrogen-bond acceptors (Lipinski definition) is 4. The molecule has 1 aromatic heterocycles. The molecule has 7 heteroatoms. The number of nitrogens with one attached hydrogen (secondary N) is 3. The van der Waals surface area contributed by atoms with Gasteiger partial charge in [0.1, 0.15) is 5.82 Å². The SMILES string of the molecule is CN=C(NCCNC(=O)C(C)C)NC1CCN(c2cccc(C)n2)CC1. The molecule has 0 atom stereocenters. The Balaban J connectivity index is 1.71. The zero-order valence-electron chi connectivity index (χ0n) is 16.4. The molecule has 0 spiro atoms. The fourth-order valence-corrected chi connectivity index (χ4v) is 2.92. The number of rotatable bonds is 6. The summed E-state index contributed by atoms with van der Waals surface area (Å²) in [5.74, 6) is 1.94. The van der Waals surface area contributed by atoms with E-state index in [2.05, 4.69) is 43.0 Å². The maximum atomic E-state index is 11.5. The van der Waals surface area contributed by atoms with E-state index in [4.69, 9.17) is 0 Å². The summed E-state index contributed by atoms with van der Waals surface area (Å²) < 4.78 is 0. The Labute approximate surface area is 156 Å². The number of aromatic nitrogens is 1. The first kappa shape index (κ1) is 20.0. The molecule has 26 heavy (non-hydrogen) atoms. The van der Waals surface area contributed by atoms with Gasteiger partial charge in [0.15, 0.2) is 5.96 Å². The van der Waals surface area contributed by atoms with Crippen LogP contribution in [0.15, 0.2) is 23.2 Å². The maximum Gasteiger partial charge on any atom is 0.222 e. The molecule has 1 saturated heterocycles. The van der Waals surface area contributed by atoms with E-state index >= 15 is 0 Å². The monoisotopic (exact) mass is 360 g/mol. The minimum atomic E-state index is 0.0144. The van der Waals surface area contributed by atoms with Gasteiger partial charge >= 0.3 is 0 Å². The van der Waals surface area contributed by atoms with Crippen LogP contribution >= 0.6 is 0 Å². The van der Waals surface area contributed by atoms with Gasteiger partial charge < -0.3 is 20.9 Å². The number of anilines is 1. The molecule has 1 aromatic rings. The van der Waals surface area contributed by atoms with Crippen LogP contribution in [0, 0.1) is 12.8 Å². The van der Waals surface area contributed by atoms with Crippen LogP contribution in [0.2, 0.25) is 0 Å². The third kappa shape index (κ3) is 6.20. The summed E-state index contributed by atoms with van der Waals surface area (Å²) in [7, 11) is 1.77. The van der Waals surface area contributed by atoms with Crippen LogP contribution in [0.4, 0.5) is 5.82 Å². The smallest absolute Gasteiger partial charge is 0.222 e. The van der Waals surface area contributed by atoms with Gasteiger partial charge in [0.05, 0.1) is 0 Å². The number of carbonyl (C=O) groups excluding carboxylic acids is 1. The van der Waals surface area contributed by atoms with Crippen molar-refractivity contribution >= 4 is 17.7 Å². The van der Waals surface area contributed by atoms with Crippen LogP contribution in [0.25, 0.3) is 0 Å². The predicted molar refractivity (Wildman–Crippen MR) is 107 cm³/mol. The summed E-state index contributed by atoms with van der Waals surface area (Å²) in [6, 6.07) is 6.56. The molecule has 2 heterocycles. The third-order valence-corrected chi connectivity index (χ3v) is 4.50. The second kappa shape index (κ2) is 9.99. The normalized spacial score (nSPS) is 15.9. The van der Waals surface area contributed by atoms with Crippen LogP contribution in [-0.4, -0.2) is 56.1 Å². The maximum absolute atomic E-state index is 11.5. The zero-order valence-corrected chi connectivity index (χ0v) is 16.4. The average Bonchev–Trinajstić information content (AvgIpc) is 2.64. The summed E-state index contributed by atoms with van der Waals surface area (Å²) in [4.78, 5) is 22.8. The van der Waals surface area contributed by atoms with E-state index < -0.39 is 0 Å². The lowest BCUT2D eigenvalue weighted by Crippen LogP contribution is -2.50. The molecule has 1 amide bonds. The van der Waals surface area contributed by atoms with E-state index in [9.17, 15) is 4.79 Å². The van der Waals surface area contributed by atoms with Crippen molar-refractivity contribution in [2.45, 2.75) is 39.7 Å². The molecule has 1 aliphatic heterocycles. The van der Waals surface area contributed by atoms with Crippen LogP contribution in [0.5, 0.6) is 0 Å². The lowest BCUT2D eigenvalue weighted by atomic mass is 10.1. The highest BCUT2D eigenvalue weighted by molar-refractivity contribution is 5.80. The molecule has 0 unspecified atom stereocenters. The Morgan fingerprint density at radius 1 is 1.27 bits per heavy atom. The fraction of sp³-hybridized carbons (Fsp3) is 0.632. The topological polar surface area (TPSA) is 81.6 Å². The second-order valence-corrected chi connectivity index (χ2v) is 6.99. The molecule has 1 aliphatic rings. The van der Waals surface area contributed by atoms with E-state index in [1.165, 1.54) is 0 Å². The summed E-state index contributed by atoms with van der Waals surface area (Å²) >= 11 is 0. The number of piperidine rings is 1. The van der Waals surface area contributed by atoms with Crippen LogP contribution in [0.3, 0.4) is 0 Å². The second-order valence-electron chi connectivity index (χ2n) is 6.99. The summed E-state index contributed by atoms with van der Waals surface area (Å²) in [5, 5.41) is 9.63. The number of pyridine rings is 1. The fourth-order valence-electron chi connectivity index (χ4n) is 2.92. The van der Waals surface area contributed by atoms with Crippen molar-refractivity contribution in [2.24, 2.45) is 10.9 Å². The van der Waals surface area contributed by atoms with Crippen molar-refractivity contribution in [1.29, 1.82) is 0 Å². The van der Waals surface area contributed by atoms with Gasteiger partial charge in [0.25, 0.3) is 0 Å². The first-order chi connectivity index (χ1) is 12.5. The van der Waals surface area contributed by atoms with Crippen LogP contribution in [-0.2, 0) is 4.79 Å². The Morgan fingerprint density at radius 3 is 2.58 bits per heavy atom. The molecule has 0 bridgehead atoms. The highest BCUT2D eigenvalue weighted by atomic mass is 16.1. The Morgan fingerprint density at radius 2 is 1.96 bits per heavy atom. The minimum Gasteiger partial charge on any atom is -0.356 e. The molecule has 1 fully saturated rings. The number of aliphatic imine (C=N–C) groups is 1. The van der Waals surface area contributed by atoms with Gasteiger partial charge in [-0.25, -0.2) is 4.98 Å². The number of aryl methyl sites for hydroxylation is 1. The van der Waals surface area contributed by atoms with Gasteiger partial charge in [-0.2, -0.15) is 0 Å². The van der Waals surface area contributed by atoms with Crippen molar-refractivity contribution in [3.63, 3.8) is 0 Å². The van der Waals surface area contributed by atoms with E-state index in [0.29, 0.717) is 19.1 Å². The standard InChI is InChI=1S/C19H32N6O/c1-14(2)18(26)21-10-11-22-19(20-4)24-16-8-12-25(13-9-16)17-7-5-6-15(3)23-17/h5-7,14,16H,8-13H2,1-4H3,(H,21,26)(H2,20,22,24). The van der Waals surface area contributed by atoms with Crippen LogP contribution < -0.4 is 20.9 Å². The number of nitrogens with zero attached hydrogens (tertiary/aromatic N) is 3. The first-order valence-electron chi connectivity index (χ1n) is 9.43. The largest absolute Gasteiger partial charge is 0.356 e. The number of carbonyl (C=O) groups is 1. The van der Waals surface area contributed by atoms with Gasteiger partial charge in [-0.1, -0.05) is 19.9 Å². The van der Waals surface area contributed by atoms with E-state index in [1.807, 2.05) is 26.8 Å². The van der Waals surface area contributed by atoms with Crippen molar-refractivity contribution < 1.29 is 4.79 Å². The summed E-state index contributed by atoms with van der Waals surface area (Å²) in [5.41, 5.74) is 1.05. The van der Waals surface area contributed by atoms with Crippen molar-refractivity contribution in [3.05, 3.63) is 23.9 Å². The predicted octanol–water partition coefficient (Wildman–Crippen LogP) is 1.30. The highest BCUT2D eigenvalue weighted by Crippen LogP contribution is 2.18. The van der Waals surface area contributed by atoms with Gasteiger partial charge in [0, 0.05) is 50.9 Å². The third-order valence-electron chi connectivity index (χ3n) is 4.50. The zero-order chi connectivity index (χ0) is 18.9. The molecule has 0 radical (unpaired) electrons. The quantitative estimate of drug-likeness (QED) is 0.405. The summed E-state index contributed by atoms with van der Waals surface area (Å²) in [6.07, 6.45) is 2.08. The molecule has 7 nitrogen and oxygen atoms in total. The highest BCUT2D eigenvalue weighted by Gasteiger charge is 2.20. The molecule has 0 saturated carbocycles. The molecule has 0 aromatic carbocycles. The lowest BCUT2D eigenvalue weighted by Gasteiger charge is -2.34. The van der Waals surface area contributed by atoms with Crippen molar-refractivity contribution in [3.8, 4) is 0 Å². The van der Waals surface area contributed by atoms with E-state index in [1.54, 1.807) is 7.05 Å². The molecule has 3 N–H and O–H groups in total. The van der Waals surface area contributed by atoms with Gasteiger partial charge in [-0.3, -0.25) is 9.79 Å². The van der Waals surface area contributed by atoms with E-state index in [-0.39, 0.29) is 11.8 Å². The summed E-state index contributed by atoms with van der Waals surface area (Å²) in [6.45, 7) is 9.02. The minimum absolute atomic E-state index is 0.0144. The molecule has 2 rings (SSSR count). The first-order valence-corrected chi connectivity index (χ1v) is 9.43. The molecule has 144 valence electrons. The van der Waals surface area contributed by atoms with Crippen molar-refractivity contribution in [1.82, 2.24) is 20.9 Å². The van der Waals surface area contributed by atoms with Gasteiger partial charge in [0.2, 0.25) is 5.91 Å². The Kier molecular flexibility index (Phi) is 7.69. The van der Waals surface area contributed by atoms with Crippen molar-refractivity contribution in [2.75, 3.05) is 38.1 Å². The number of amides is 1. The average molecular weight is 361 g/mol. The van der Waals surface area contributed by atoms with Crippen LogP contribution in [0.1, 0.15) is 32.4 Å². The Bertz CT molecular complexity index is 608. The van der Waals surface area contributed by atoms with E-state index in [0.717, 1.165) is 43.4 Å². The molecule has 0 aliphatic carbocycles. The molecular formula is C19H32N6O. The molecular weight excluding hydrogens is 328 g/mol. The van der Waals surface area contributed by atoms with Gasteiger partial charge in [-0.15, -0.1) is 0 Å². The van der Waals surface area contributed by atoms with Gasteiger partial charge in [-0.05, 0) is 31.9 Å².